The van der Waals surface area contributed by atoms with Crippen LogP contribution in [-0.2, 0) is 16.1 Å². The molecule has 0 fully saturated rings. The zero-order chi connectivity index (χ0) is 26.1. The van der Waals surface area contributed by atoms with Crippen LogP contribution in [0.4, 0.5) is 11.4 Å². The summed E-state index contributed by atoms with van der Waals surface area (Å²) >= 11 is 1.29. The predicted octanol–water partition coefficient (Wildman–Crippen LogP) is 6.08. The molecule has 1 unspecified atom stereocenters. The molecule has 0 aliphatic heterocycles. The third-order valence-electron chi connectivity index (χ3n) is 5.86. The first-order chi connectivity index (χ1) is 17.2. The molecule has 1 atom stereocenters. The Hall–Kier alpha value is -3.13. The van der Waals surface area contributed by atoms with Gasteiger partial charge in [-0.25, -0.2) is 4.98 Å². The van der Waals surface area contributed by atoms with Crippen molar-refractivity contribution in [1.29, 1.82) is 0 Å². The van der Waals surface area contributed by atoms with Gasteiger partial charge in [0.15, 0.2) is 5.16 Å². The van der Waals surface area contributed by atoms with Crippen LogP contribution >= 0.6 is 11.8 Å². The molecule has 3 rings (SSSR count). The van der Waals surface area contributed by atoms with Crippen LogP contribution < -0.4 is 16.2 Å². The lowest BCUT2D eigenvalue weighted by Gasteiger charge is -2.16. The maximum absolute atomic E-state index is 13.3. The third-order valence-corrected chi connectivity index (χ3v) is 6.95. The first-order valence-corrected chi connectivity index (χ1v) is 13.5. The third kappa shape index (κ3) is 7.95. The summed E-state index contributed by atoms with van der Waals surface area (Å²) in [4.78, 5) is 42.1. The summed E-state index contributed by atoms with van der Waals surface area (Å²) in [6, 6.07) is 14.3. The van der Waals surface area contributed by atoms with Gasteiger partial charge in [0.2, 0.25) is 11.8 Å². The molecule has 0 spiro atoms. The number of thioether (sulfide) groups is 1. The first kappa shape index (κ1) is 27.5. The van der Waals surface area contributed by atoms with E-state index >= 15 is 0 Å². The first-order valence-electron chi connectivity index (χ1n) is 12.6. The number of carbonyl (C=O) groups is 2. The van der Waals surface area contributed by atoms with Crippen LogP contribution in [0.1, 0.15) is 59.8 Å². The summed E-state index contributed by atoms with van der Waals surface area (Å²) in [6.07, 6.45) is 5.53. The van der Waals surface area contributed by atoms with Crippen molar-refractivity contribution in [2.75, 3.05) is 10.6 Å². The van der Waals surface area contributed by atoms with E-state index in [4.69, 9.17) is 4.98 Å². The Morgan fingerprint density at radius 2 is 1.56 bits per heavy atom. The van der Waals surface area contributed by atoms with E-state index in [1.807, 2.05) is 25.1 Å². The highest BCUT2D eigenvalue weighted by Crippen LogP contribution is 2.24. The summed E-state index contributed by atoms with van der Waals surface area (Å²) in [5.41, 5.74) is 1.87. The van der Waals surface area contributed by atoms with E-state index in [0.717, 1.165) is 19.3 Å². The van der Waals surface area contributed by atoms with Crippen molar-refractivity contribution in [3.05, 3.63) is 58.9 Å². The standard InChI is InChI=1S/C28H36N4O3S/c1-19(2)11-7-5-6-10-18-32-27(35)24-12-8-9-13-25(24)31-28(32)36-20(3)26(34)30-23-16-14-22(15-17-23)29-21(4)33/h8-9,12-17,19-20H,5-7,10-11,18H2,1-4H3,(H,29,33)(H,30,34). The number of fused-ring (bicyclic) bond motifs is 1. The molecule has 7 nitrogen and oxygen atoms in total. The Morgan fingerprint density at radius 3 is 2.22 bits per heavy atom. The topological polar surface area (TPSA) is 93.1 Å². The van der Waals surface area contributed by atoms with E-state index in [1.165, 1.54) is 31.5 Å². The van der Waals surface area contributed by atoms with Gasteiger partial charge in [0.25, 0.3) is 5.56 Å². The summed E-state index contributed by atoms with van der Waals surface area (Å²) in [5.74, 6) is 0.374. The molecule has 2 amide bonds. The SMILES string of the molecule is CC(=O)Nc1ccc(NC(=O)C(C)Sc2nc3ccccc3c(=O)n2CCCCCCC(C)C)cc1. The molecule has 8 heteroatoms. The molecule has 0 saturated carbocycles. The van der Waals surface area contributed by atoms with E-state index in [-0.39, 0.29) is 17.4 Å². The van der Waals surface area contributed by atoms with Gasteiger partial charge in [-0.3, -0.25) is 19.0 Å². The Kier molecular flexibility index (Phi) is 10.1. The maximum atomic E-state index is 13.3. The Labute approximate surface area is 217 Å². The lowest BCUT2D eigenvalue weighted by Crippen LogP contribution is -2.27. The zero-order valence-corrected chi connectivity index (χ0v) is 22.4. The molecule has 192 valence electrons. The molecule has 2 aromatic carbocycles. The molecule has 0 saturated heterocycles. The second-order valence-electron chi connectivity index (χ2n) is 9.47. The van der Waals surface area contributed by atoms with Crippen LogP contribution in [0.3, 0.4) is 0 Å². The number of hydrogen-bond donors (Lipinski definition) is 2. The normalized spacial score (nSPS) is 12.0. The van der Waals surface area contributed by atoms with Gasteiger partial charge in [-0.2, -0.15) is 0 Å². The van der Waals surface area contributed by atoms with Crippen molar-refractivity contribution in [1.82, 2.24) is 9.55 Å². The smallest absolute Gasteiger partial charge is 0.262 e. The zero-order valence-electron chi connectivity index (χ0n) is 21.5. The van der Waals surface area contributed by atoms with Gasteiger partial charge in [-0.05, 0) is 55.7 Å². The fourth-order valence-corrected chi connectivity index (χ4v) is 4.84. The fraction of sp³-hybridized carbons (Fsp3) is 0.429. The number of amides is 2. The summed E-state index contributed by atoms with van der Waals surface area (Å²) in [5, 5.41) is 6.29. The minimum Gasteiger partial charge on any atom is -0.326 e. The predicted molar refractivity (Wildman–Crippen MR) is 149 cm³/mol. The molecule has 0 radical (unpaired) electrons. The van der Waals surface area contributed by atoms with Crippen LogP contribution in [0.5, 0.6) is 0 Å². The van der Waals surface area contributed by atoms with E-state index in [9.17, 15) is 14.4 Å². The van der Waals surface area contributed by atoms with Gasteiger partial charge < -0.3 is 10.6 Å². The van der Waals surface area contributed by atoms with E-state index in [0.29, 0.717) is 39.9 Å². The number of carbonyl (C=O) groups excluding carboxylic acids is 2. The molecular formula is C28H36N4O3S. The molecule has 0 aliphatic carbocycles. The van der Waals surface area contributed by atoms with Crippen LogP contribution in [0.15, 0.2) is 58.5 Å². The monoisotopic (exact) mass is 508 g/mol. The summed E-state index contributed by atoms with van der Waals surface area (Å²) in [7, 11) is 0. The number of rotatable bonds is 12. The van der Waals surface area contributed by atoms with Gasteiger partial charge in [0, 0.05) is 24.8 Å². The molecule has 3 aromatic rings. The number of unbranched alkanes of at least 4 members (excludes halogenated alkanes) is 3. The summed E-state index contributed by atoms with van der Waals surface area (Å²) in [6.45, 7) is 8.31. The lowest BCUT2D eigenvalue weighted by atomic mass is 10.0. The molecule has 36 heavy (non-hydrogen) atoms. The van der Waals surface area contributed by atoms with E-state index in [1.54, 1.807) is 34.9 Å². The van der Waals surface area contributed by atoms with Crippen LogP contribution in [0.25, 0.3) is 10.9 Å². The van der Waals surface area contributed by atoms with E-state index < -0.39 is 5.25 Å². The Bertz CT molecular complexity index is 1240. The van der Waals surface area contributed by atoms with E-state index in [2.05, 4.69) is 24.5 Å². The highest BCUT2D eigenvalue weighted by atomic mass is 32.2. The van der Waals surface area contributed by atoms with Crippen LogP contribution in [0.2, 0.25) is 0 Å². The van der Waals surface area contributed by atoms with Crippen molar-refractivity contribution in [2.24, 2.45) is 5.92 Å². The average molecular weight is 509 g/mol. The Morgan fingerprint density at radius 1 is 0.917 bits per heavy atom. The number of hydrogen-bond acceptors (Lipinski definition) is 5. The van der Waals surface area contributed by atoms with Crippen LogP contribution in [0, 0.1) is 5.92 Å². The number of para-hydroxylation sites is 1. The van der Waals surface area contributed by atoms with Crippen molar-refractivity contribution in [3.8, 4) is 0 Å². The number of nitrogens with one attached hydrogen (secondary N) is 2. The molecule has 2 N–H and O–H groups in total. The van der Waals surface area contributed by atoms with Gasteiger partial charge in [-0.1, -0.05) is 63.4 Å². The highest BCUT2D eigenvalue weighted by molar-refractivity contribution is 8.00. The van der Waals surface area contributed by atoms with Gasteiger partial charge in [0.05, 0.1) is 16.2 Å². The number of benzene rings is 2. The lowest BCUT2D eigenvalue weighted by molar-refractivity contribution is -0.115. The van der Waals surface area contributed by atoms with Crippen molar-refractivity contribution < 1.29 is 9.59 Å². The Balaban J connectivity index is 1.71. The average Bonchev–Trinajstić information content (AvgIpc) is 2.83. The van der Waals surface area contributed by atoms with Crippen molar-refractivity contribution in [3.63, 3.8) is 0 Å². The molecule has 1 aromatic heterocycles. The summed E-state index contributed by atoms with van der Waals surface area (Å²) < 4.78 is 1.72. The second-order valence-corrected chi connectivity index (χ2v) is 10.8. The van der Waals surface area contributed by atoms with Gasteiger partial charge >= 0.3 is 0 Å². The second kappa shape index (κ2) is 13.3. The fourth-order valence-electron chi connectivity index (χ4n) is 3.91. The van der Waals surface area contributed by atoms with Crippen LogP contribution in [-0.4, -0.2) is 26.6 Å². The van der Waals surface area contributed by atoms with Crippen molar-refractivity contribution in [2.45, 2.75) is 76.8 Å². The maximum Gasteiger partial charge on any atom is 0.262 e. The number of anilines is 2. The number of nitrogens with zero attached hydrogens (tertiary/aromatic N) is 2. The number of aromatic nitrogens is 2. The molecule has 1 heterocycles. The largest absolute Gasteiger partial charge is 0.326 e. The highest BCUT2D eigenvalue weighted by Gasteiger charge is 2.19. The molecule has 0 bridgehead atoms. The quantitative estimate of drug-likeness (QED) is 0.176. The minimum absolute atomic E-state index is 0.0635. The molecule has 0 aliphatic rings. The van der Waals surface area contributed by atoms with Gasteiger partial charge in [-0.15, -0.1) is 0 Å². The van der Waals surface area contributed by atoms with Crippen molar-refractivity contribution >= 4 is 45.9 Å². The minimum atomic E-state index is -0.467. The van der Waals surface area contributed by atoms with Gasteiger partial charge in [0.1, 0.15) is 0 Å². The molecular weight excluding hydrogens is 472 g/mol.